The van der Waals surface area contributed by atoms with Crippen molar-refractivity contribution < 1.29 is 23.5 Å². The molecule has 0 unspecified atom stereocenters. The summed E-state index contributed by atoms with van der Waals surface area (Å²) in [5, 5.41) is 1.95. The number of carbonyl (C=O) groups is 3. The Bertz CT molecular complexity index is 828. The number of carbonyl (C=O) groups excluding carboxylic acids is 3. The molecule has 2 aromatic heterocycles. The Morgan fingerprint density at radius 1 is 1.11 bits per heavy atom. The molecule has 2 aliphatic rings. The predicted molar refractivity (Wildman–Crippen MR) is 101 cm³/mol. The van der Waals surface area contributed by atoms with E-state index in [2.05, 4.69) is 0 Å². The van der Waals surface area contributed by atoms with Gasteiger partial charge in [0.25, 0.3) is 5.91 Å². The number of piperazine rings is 1. The van der Waals surface area contributed by atoms with E-state index in [1.54, 1.807) is 38.2 Å². The zero-order valence-corrected chi connectivity index (χ0v) is 16.1. The summed E-state index contributed by atoms with van der Waals surface area (Å²) in [6, 6.07) is 6.56. The molecule has 0 radical (unpaired) electrons. The smallest absolute Gasteiger partial charge is 0.289 e. The number of rotatable bonds is 4. The van der Waals surface area contributed by atoms with Gasteiger partial charge in [0.2, 0.25) is 11.8 Å². The van der Waals surface area contributed by atoms with Gasteiger partial charge < -0.3 is 23.9 Å². The summed E-state index contributed by atoms with van der Waals surface area (Å²) in [5.41, 5.74) is 0. The van der Waals surface area contributed by atoms with Crippen molar-refractivity contribution in [3.63, 3.8) is 0 Å². The zero-order valence-electron chi connectivity index (χ0n) is 15.3. The van der Waals surface area contributed by atoms with Gasteiger partial charge in [0, 0.05) is 31.1 Å². The second-order valence-corrected chi connectivity index (χ2v) is 7.76. The first kappa shape index (κ1) is 18.7. The van der Waals surface area contributed by atoms with Crippen LogP contribution in [0.15, 0.2) is 40.3 Å². The van der Waals surface area contributed by atoms with Crippen LogP contribution < -0.4 is 0 Å². The minimum atomic E-state index is -0.629. The first-order valence-corrected chi connectivity index (χ1v) is 10.0. The van der Waals surface area contributed by atoms with E-state index in [-0.39, 0.29) is 30.9 Å². The van der Waals surface area contributed by atoms with Crippen LogP contribution in [0.5, 0.6) is 0 Å². The second kappa shape index (κ2) is 8.15. The van der Waals surface area contributed by atoms with E-state index < -0.39 is 6.04 Å². The van der Waals surface area contributed by atoms with Crippen LogP contribution >= 0.6 is 11.3 Å². The van der Waals surface area contributed by atoms with Crippen LogP contribution in [0, 0.1) is 0 Å². The van der Waals surface area contributed by atoms with Crippen molar-refractivity contribution in [3.05, 3.63) is 46.5 Å². The number of ether oxygens (including phenoxy) is 1. The van der Waals surface area contributed by atoms with E-state index in [1.807, 2.05) is 17.5 Å². The van der Waals surface area contributed by atoms with Crippen molar-refractivity contribution in [2.45, 2.75) is 12.6 Å². The standard InChI is InChI=1S/C19H21N3O5S/c23-17-13-26-12-15(22(17)11-14-3-2-10-28-14)18(24)20-5-7-21(8-6-20)19(25)16-4-1-9-27-16/h1-4,9-10,15H,5-8,11-13H2/t15-/m1/s1. The van der Waals surface area contributed by atoms with Crippen molar-refractivity contribution in [2.24, 2.45) is 0 Å². The third-order valence-corrected chi connectivity index (χ3v) is 5.86. The highest BCUT2D eigenvalue weighted by molar-refractivity contribution is 7.09. The van der Waals surface area contributed by atoms with Crippen LogP contribution in [0.4, 0.5) is 0 Å². The van der Waals surface area contributed by atoms with Crippen LogP contribution in [-0.4, -0.2) is 77.9 Å². The summed E-state index contributed by atoms with van der Waals surface area (Å²) >= 11 is 1.56. The number of furan rings is 1. The normalized spacial score (nSPS) is 20.5. The van der Waals surface area contributed by atoms with Crippen LogP contribution in [-0.2, 0) is 20.9 Å². The van der Waals surface area contributed by atoms with E-state index >= 15 is 0 Å². The first-order valence-electron chi connectivity index (χ1n) is 9.14. The number of thiophene rings is 1. The Labute approximate surface area is 166 Å². The molecule has 2 aromatic rings. The lowest BCUT2D eigenvalue weighted by Crippen LogP contribution is -2.60. The van der Waals surface area contributed by atoms with Gasteiger partial charge in [-0.25, -0.2) is 0 Å². The van der Waals surface area contributed by atoms with Gasteiger partial charge in [0.15, 0.2) is 5.76 Å². The fourth-order valence-corrected chi connectivity index (χ4v) is 4.18. The molecule has 28 heavy (non-hydrogen) atoms. The maximum absolute atomic E-state index is 13.1. The van der Waals surface area contributed by atoms with Gasteiger partial charge in [-0.1, -0.05) is 6.07 Å². The molecule has 0 aromatic carbocycles. The highest BCUT2D eigenvalue weighted by Crippen LogP contribution is 2.19. The maximum atomic E-state index is 13.1. The molecular weight excluding hydrogens is 382 g/mol. The van der Waals surface area contributed by atoms with Gasteiger partial charge >= 0.3 is 0 Å². The van der Waals surface area contributed by atoms with Gasteiger partial charge in [0.1, 0.15) is 12.6 Å². The molecule has 148 valence electrons. The molecule has 9 heteroatoms. The molecule has 2 saturated heterocycles. The Kier molecular flexibility index (Phi) is 5.45. The average molecular weight is 403 g/mol. The van der Waals surface area contributed by atoms with Gasteiger partial charge in [-0.15, -0.1) is 11.3 Å². The highest BCUT2D eigenvalue weighted by Gasteiger charge is 2.38. The monoisotopic (exact) mass is 403 g/mol. The number of hydrogen-bond acceptors (Lipinski definition) is 6. The SMILES string of the molecule is O=C(c1ccco1)N1CCN(C(=O)[C@H]2COCC(=O)N2Cc2cccs2)CC1. The summed E-state index contributed by atoms with van der Waals surface area (Å²) in [6.45, 7) is 2.30. The quantitative estimate of drug-likeness (QED) is 0.762. The second-order valence-electron chi connectivity index (χ2n) is 6.73. The maximum Gasteiger partial charge on any atom is 0.289 e. The highest BCUT2D eigenvalue weighted by atomic mass is 32.1. The van der Waals surface area contributed by atoms with E-state index in [4.69, 9.17) is 9.15 Å². The van der Waals surface area contributed by atoms with Crippen LogP contribution in [0.25, 0.3) is 0 Å². The molecule has 0 saturated carbocycles. The number of nitrogens with zero attached hydrogens (tertiary/aromatic N) is 3. The molecule has 0 spiro atoms. The molecular formula is C19H21N3O5S. The number of morpholine rings is 1. The molecule has 2 aliphatic heterocycles. The van der Waals surface area contributed by atoms with Gasteiger partial charge in [-0.05, 0) is 23.6 Å². The lowest BCUT2D eigenvalue weighted by Gasteiger charge is -2.40. The molecule has 4 rings (SSSR count). The Hall–Kier alpha value is -2.65. The van der Waals surface area contributed by atoms with Crippen molar-refractivity contribution in [1.29, 1.82) is 0 Å². The minimum absolute atomic E-state index is 0.000577. The topological polar surface area (TPSA) is 83.3 Å². The van der Waals surface area contributed by atoms with Crippen LogP contribution in [0.2, 0.25) is 0 Å². The van der Waals surface area contributed by atoms with Crippen molar-refractivity contribution in [2.75, 3.05) is 39.4 Å². The third kappa shape index (κ3) is 3.81. The first-order chi connectivity index (χ1) is 13.6. The average Bonchev–Trinajstić information content (AvgIpc) is 3.43. The van der Waals surface area contributed by atoms with Crippen molar-refractivity contribution in [3.8, 4) is 0 Å². The molecule has 4 heterocycles. The van der Waals surface area contributed by atoms with Crippen molar-refractivity contribution >= 4 is 29.1 Å². The van der Waals surface area contributed by atoms with Gasteiger partial charge in [0.05, 0.1) is 19.4 Å². The summed E-state index contributed by atoms with van der Waals surface area (Å²) < 4.78 is 10.5. The lowest BCUT2D eigenvalue weighted by atomic mass is 10.1. The molecule has 0 N–H and O–H groups in total. The summed E-state index contributed by atoms with van der Waals surface area (Å²) in [5.74, 6) is -0.180. The third-order valence-electron chi connectivity index (χ3n) is 5.00. The largest absolute Gasteiger partial charge is 0.459 e. The molecule has 0 aliphatic carbocycles. The molecule has 0 bridgehead atoms. The molecule has 2 fully saturated rings. The van der Waals surface area contributed by atoms with Crippen LogP contribution in [0.3, 0.4) is 0 Å². The fraction of sp³-hybridized carbons (Fsp3) is 0.421. The summed E-state index contributed by atoms with van der Waals surface area (Å²) in [7, 11) is 0. The van der Waals surface area contributed by atoms with E-state index in [0.29, 0.717) is 38.5 Å². The van der Waals surface area contributed by atoms with Crippen LogP contribution in [0.1, 0.15) is 15.4 Å². The molecule has 3 amide bonds. The Morgan fingerprint density at radius 3 is 2.57 bits per heavy atom. The zero-order chi connectivity index (χ0) is 19.5. The van der Waals surface area contributed by atoms with Gasteiger partial charge in [-0.2, -0.15) is 0 Å². The number of amides is 3. The van der Waals surface area contributed by atoms with Gasteiger partial charge in [-0.3, -0.25) is 14.4 Å². The molecule has 8 nitrogen and oxygen atoms in total. The number of hydrogen-bond donors (Lipinski definition) is 0. The van der Waals surface area contributed by atoms with E-state index in [9.17, 15) is 14.4 Å². The predicted octanol–water partition coefficient (Wildman–Crippen LogP) is 1.05. The minimum Gasteiger partial charge on any atom is -0.459 e. The van der Waals surface area contributed by atoms with E-state index in [0.717, 1.165) is 4.88 Å². The van der Waals surface area contributed by atoms with Crippen molar-refractivity contribution in [1.82, 2.24) is 14.7 Å². The fourth-order valence-electron chi connectivity index (χ4n) is 3.47. The summed E-state index contributed by atoms with van der Waals surface area (Å²) in [4.78, 5) is 43.8. The summed E-state index contributed by atoms with van der Waals surface area (Å²) in [6.07, 6.45) is 1.47. The molecule has 1 atom stereocenters. The lowest BCUT2D eigenvalue weighted by molar-refractivity contribution is -0.160. The van der Waals surface area contributed by atoms with E-state index in [1.165, 1.54) is 6.26 Å². The Morgan fingerprint density at radius 2 is 1.89 bits per heavy atom. The Balaban J connectivity index is 1.39.